The second-order valence-electron chi connectivity index (χ2n) is 4.04. The summed E-state index contributed by atoms with van der Waals surface area (Å²) in [5.74, 6) is -1.14. The molecule has 0 spiro atoms. The molecule has 0 unspecified atom stereocenters. The van der Waals surface area contributed by atoms with Gasteiger partial charge in [-0.2, -0.15) is 0 Å². The zero-order chi connectivity index (χ0) is 14.0. The molecule has 2 aromatic rings. The number of halogens is 3. The first-order valence-electron chi connectivity index (χ1n) is 5.50. The van der Waals surface area contributed by atoms with Gasteiger partial charge < -0.3 is 5.32 Å². The highest BCUT2D eigenvalue weighted by molar-refractivity contribution is 9.10. The van der Waals surface area contributed by atoms with E-state index in [1.165, 1.54) is 36.4 Å². The average Bonchev–Trinajstić information content (AvgIpc) is 2.36. The van der Waals surface area contributed by atoms with Crippen molar-refractivity contribution in [3.63, 3.8) is 0 Å². The quantitative estimate of drug-likeness (QED) is 0.876. The van der Waals surface area contributed by atoms with Crippen LogP contribution in [0.4, 0.5) is 14.5 Å². The summed E-state index contributed by atoms with van der Waals surface area (Å²) in [6.45, 7) is 1.58. The Balaban J connectivity index is 2.23. The lowest BCUT2D eigenvalue weighted by Crippen LogP contribution is -2.12. The highest BCUT2D eigenvalue weighted by Crippen LogP contribution is 2.23. The number of aryl methyl sites for hydroxylation is 1. The van der Waals surface area contributed by atoms with Crippen LogP contribution < -0.4 is 5.32 Å². The molecule has 2 aromatic carbocycles. The molecule has 0 atom stereocenters. The van der Waals surface area contributed by atoms with E-state index >= 15 is 0 Å². The van der Waals surface area contributed by atoms with Crippen LogP contribution in [0.5, 0.6) is 0 Å². The van der Waals surface area contributed by atoms with Gasteiger partial charge >= 0.3 is 0 Å². The number of amides is 1. The van der Waals surface area contributed by atoms with E-state index in [0.717, 1.165) is 0 Å². The molecule has 0 aliphatic rings. The van der Waals surface area contributed by atoms with Gasteiger partial charge in [-0.25, -0.2) is 8.78 Å². The van der Waals surface area contributed by atoms with Crippen molar-refractivity contribution >= 4 is 27.5 Å². The number of benzene rings is 2. The van der Waals surface area contributed by atoms with Crippen molar-refractivity contribution in [2.75, 3.05) is 5.32 Å². The summed E-state index contributed by atoms with van der Waals surface area (Å²) >= 11 is 3.16. The van der Waals surface area contributed by atoms with Crippen LogP contribution in [0.1, 0.15) is 15.9 Å². The third kappa shape index (κ3) is 3.17. The number of carbonyl (C=O) groups is 1. The highest BCUT2D eigenvalue weighted by Gasteiger charge is 2.10. The molecule has 5 heteroatoms. The smallest absolute Gasteiger partial charge is 0.255 e. The van der Waals surface area contributed by atoms with Crippen molar-refractivity contribution in [3.8, 4) is 0 Å². The summed E-state index contributed by atoms with van der Waals surface area (Å²) in [5.41, 5.74) is 1.19. The van der Waals surface area contributed by atoms with Crippen LogP contribution in [-0.2, 0) is 0 Å². The maximum absolute atomic E-state index is 13.1. The zero-order valence-corrected chi connectivity index (χ0v) is 11.6. The number of hydrogen-bond donors (Lipinski definition) is 1. The Kier molecular flexibility index (Phi) is 3.95. The van der Waals surface area contributed by atoms with Gasteiger partial charge in [-0.05, 0) is 64.8 Å². The van der Waals surface area contributed by atoms with E-state index in [-0.39, 0.29) is 11.7 Å². The third-order valence-corrected chi connectivity index (χ3v) is 3.26. The Morgan fingerprint density at radius 1 is 1.16 bits per heavy atom. The van der Waals surface area contributed by atoms with Gasteiger partial charge in [0.05, 0.1) is 5.69 Å². The number of anilines is 1. The summed E-state index contributed by atoms with van der Waals surface area (Å²) in [6.07, 6.45) is 0. The van der Waals surface area contributed by atoms with Crippen LogP contribution in [0.15, 0.2) is 40.9 Å². The van der Waals surface area contributed by atoms with E-state index in [0.29, 0.717) is 21.3 Å². The SMILES string of the molecule is Cc1cc(C(=O)Nc2ccc(F)cc2Br)ccc1F. The number of carbonyl (C=O) groups excluding carboxylic acids is 1. The van der Waals surface area contributed by atoms with Crippen molar-refractivity contribution in [3.05, 3.63) is 63.6 Å². The minimum Gasteiger partial charge on any atom is -0.321 e. The largest absolute Gasteiger partial charge is 0.321 e. The molecule has 0 fully saturated rings. The van der Waals surface area contributed by atoms with Crippen LogP contribution in [0.3, 0.4) is 0 Å². The number of nitrogens with one attached hydrogen (secondary N) is 1. The van der Waals surface area contributed by atoms with Gasteiger partial charge in [-0.15, -0.1) is 0 Å². The fourth-order valence-electron chi connectivity index (χ4n) is 1.57. The summed E-state index contributed by atoms with van der Waals surface area (Å²) in [7, 11) is 0. The lowest BCUT2D eigenvalue weighted by molar-refractivity contribution is 0.102. The molecular formula is C14H10BrF2NO. The molecule has 1 N–H and O–H groups in total. The van der Waals surface area contributed by atoms with E-state index in [9.17, 15) is 13.6 Å². The maximum atomic E-state index is 13.1. The minimum atomic E-state index is -0.400. The van der Waals surface area contributed by atoms with Crippen LogP contribution in [-0.4, -0.2) is 5.91 Å². The Labute approximate surface area is 117 Å². The molecule has 19 heavy (non-hydrogen) atoms. The van der Waals surface area contributed by atoms with E-state index in [4.69, 9.17) is 0 Å². The van der Waals surface area contributed by atoms with Gasteiger partial charge in [0.1, 0.15) is 11.6 Å². The molecule has 0 saturated heterocycles. The topological polar surface area (TPSA) is 29.1 Å². The van der Waals surface area contributed by atoms with Gasteiger partial charge in [0, 0.05) is 10.0 Å². The predicted molar refractivity (Wildman–Crippen MR) is 73.2 cm³/mol. The fraction of sp³-hybridized carbons (Fsp3) is 0.0714. The van der Waals surface area contributed by atoms with E-state index < -0.39 is 5.82 Å². The zero-order valence-electron chi connectivity index (χ0n) is 10.0. The van der Waals surface area contributed by atoms with Crippen molar-refractivity contribution in [1.29, 1.82) is 0 Å². The third-order valence-electron chi connectivity index (χ3n) is 2.60. The molecule has 0 bridgehead atoms. The lowest BCUT2D eigenvalue weighted by Gasteiger charge is -2.08. The first kappa shape index (κ1) is 13.7. The van der Waals surface area contributed by atoms with Crippen molar-refractivity contribution in [1.82, 2.24) is 0 Å². The summed E-state index contributed by atoms with van der Waals surface area (Å²) in [4.78, 5) is 12.0. The first-order valence-corrected chi connectivity index (χ1v) is 6.29. The van der Waals surface area contributed by atoms with Crippen molar-refractivity contribution < 1.29 is 13.6 Å². The molecule has 0 radical (unpaired) electrons. The average molecular weight is 326 g/mol. The summed E-state index contributed by atoms with van der Waals surface area (Å²) in [6, 6.07) is 8.05. The Morgan fingerprint density at radius 2 is 1.89 bits per heavy atom. The van der Waals surface area contributed by atoms with Gasteiger partial charge in [0.25, 0.3) is 5.91 Å². The molecule has 1 amide bonds. The van der Waals surface area contributed by atoms with Gasteiger partial charge in [0.2, 0.25) is 0 Å². The molecule has 0 saturated carbocycles. The van der Waals surface area contributed by atoms with E-state index in [1.807, 2.05) is 0 Å². The second-order valence-corrected chi connectivity index (χ2v) is 4.90. The molecule has 0 aliphatic heterocycles. The normalized spacial score (nSPS) is 10.3. The Morgan fingerprint density at radius 3 is 2.53 bits per heavy atom. The predicted octanol–water partition coefficient (Wildman–Crippen LogP) is 4.29. The Hall–Kier alpha value is -1.75. The second kappa shape index (κ2) is 5.48. The Bertz CT molecular complexity index is 643. The van der Waals surface area contributed by atoms with Crippen molar-refractivity contribution in [2.24, 2.45) is 0 Å². The van der Waals surface area contributed by atoms with E-state index in [2.05, 4.69) is 21.2 Å². The highest BCUT2D eigenvalue weighted by atomic mass is 79.9. The van der Waals surface area contributed by atoms with Crippen LogP contribution >= 0.6 is 15.9 Å². The number of rotatable bonds is 2. The lowest BCUT2D eigenvalue weighted by atomic mass is 10.1. The molecule has 0 heterocycles. The molecule has 0 aliphatic carbocycles. The molecule has 2 nitrogen and oxygen atoms in total. The molecule has 0 aromatic heterocycles. The van der Waals surface area contributed by atoms with Gasteiger partial charge in [0.15, 0.2) is 0 Å². The molecule has 98 valence electrons. The maximum Gasteiger partial charge on any atom is 0.255 e. The molecular weight excluding hydrogens is 316 g/mol. The minimum absolute atomic E-state index is 0.343. The van der Waals surface area contributed by atoms with Crippen LogP contribution in [0.2, 0.25) is 0 Å². The first-order chi connectivity index (χ1) is 8.97. The summed E-state index contributed by atoms with van der Waals surface area (Å²) < 4.78 is 26.5. The van der Waals surface area contributed by atoms with Gasteiger partial charge in [-0.3, -0.25) is 4.79 Å². The van der Waals surface area contributed by atoms with E-state index in [1.54, 1.807) is 6.92 Å². The monoisotopic (exact) mass is 325 g/mol. The number of hydrogen-bond acceptors (Lipinski definition) is 1. The van der Waals surface area contributed by atoms with Crippen LogP contribution in [0.25, 0.3) is 0 Å². The fourth-order valence-corrected chi connectivity index (χ4v) is 2.02. The van der Waals surface area contributed by atoms with Crippen LogP contribution in [0, 0.1) is 18.6 Å². The summed E-state index contributed by atoms with van der Waals surface area (Å²) in [5, 5.41) is 2.63. The standard InChI is InChI=1S/C14H10BrF2NO/c1-8-6-9(2-4-12(8)17)14(19)18-13-5-3-10(16)7-11(13)15/h2-7H,1H3,(H,18,19). The molecule has 2 rings (SSSR count). The van der Waals surface area contributed by atoms with Crippen molar-refractivity contribution in [2.45, 2.75) is 6.92 Å². The van der Waals surface area contributed by atoms with Gasteiger partial charge in [-0.1, -0.05) is 0 Å².